The van der Waals surface area contributed by atoms with Crippen molar-refractivity contribution in [2.24, 2.45) is 5.84 Å². The van der Waals surface area contributed by atoms with Gasteiger partial charge in [0.05, 0.1) is 0 Å². The Bertz CT molecular complexity index is 463. The summed E-state index contributed by atoms with van der Waals surface area (Å²) in [4.78, 5) is 9.13. The molecule has 5 nitrogen and oxygen atoms in total. The van der Waals surface area contributed by atoms with E-state index < -0.39 is 0 Å². The third-order valence-electron chi connectivity index (χ3n) is 4.17. The van der Waals surface area contributed by atoms with Crippen LogP contribution in [-0.4, -0.2) is 27.5 Å². The second-order valence-electron chi connectivity index (χ2n) is 5.72. The number of thioether (sulfide) groups is 1. The van der Waals surface area contributed by atoms with E-state index in [1.165, 1.54) is 38.5 Å². The van der Waals surface area contributed by atoms with Crippen molar-refractivity contribution >= 4 is 23.4 Å². The molecule has 6 heteroatoms. The fourth-order valence-electron chi connectivity index (χ4n) is 2.87. The van der Waals surface area contributed by atoms with Crippen molar-refractivity contribution in [3.05, 3.63) is 11.9 Å². The van der Waals surface area contributed by atoms with E-state index in [0.29, 0.717) is 23.0 Å². The van der Waals surface area contributed by atoms with Crippen molar-refractivity contribution in [3.8, 4) is 0 Å². The number of nitrogens with zero attached hydrogens (tertiary/aromatic N) is 2. The fourth-order valence-corrected chi connectivity index (χ4v) is 3.81. The van der Waals surface area contributed by atoms with Gasteiger partial charge in [0.15, 0.2) is 0 Å². The van der Waals surface area contributed by atoms with Crippen molar-refractivity contribution < 1.29 is 0 Å². The van der Waals surface area contributed by atoms with Gasteiger partial charge >= 0.3 is 0 Å². The molecule has 2 atom stereocenters. The van der Waals surface area contributed by atoms with E-state index in [1.807, 2.05) is 17.8 Å². The zero-order valence-electron chi connectivity index (χ0n) is 11.9. The molecule has 20 heavy (non-hydrogen) atoms. The minimum absolute atomic E-state index is 0.506. The average Bonchev–Trinajstić information content (AvgIpc) is 3.32. The molecule has 2 fully saturated rings. The maximum Gasteiger partial charge on any atom is 0.145 e. The first kappa shape index (κ1) is 13.9. The number of nitrogen functional groups attached to an aromatic ring is 1. The van der Waals surface area contributed by atoms with E-state index in [-0.39, 0.29) is 0 Å². The summed E-state index contributed by atoms with van der Waals surface area (Å²) in [5, 5.41) is 4.29. The Morgan fingerprint density at radius 3 is 2.60 bits per heavy atom. The number of hydrogen-bond donors (Lipinski definition) is 3. The second-order valence-corrected chi connectivity index (χ2v) is 6.80. The molecule has 1 heterocycles. The molecule has 0 amide bonds. The minimum Gasteiger partial charge on any atom is -0.366 e. The molecule has 2 aliphatic carbocycles. The zero-order chi connectivity index (χ0) is 13.9. The minimum atomic E-state index is 0.506. The Labute approximate surface area is 124 Å². The lowest BCUT2D eigenvalue weighted by atomic mass is 9.95. The summed E-state index contributed by atoms with van der Waals surface area (Å²) in [7, 11) is 0. The second kappa shape index (κ2) is 6.18. The van der Waals surface area contributed by atoms with Gasteiger partial charge in [-0.25, -0.2) is 15.8 Å². The summed E-state index contributed by atoms with van der Waals surface area (Å²) in [6.45, 7) is 0. The molecular formula is C14H23N5S. The first-order valence-corrected chi connectivity index (χ1v) is 8.74. The van der Waals surface area contributed by atoms with E-state index in [2.05, 4.69) is 27.0 Å². The average molecular weight is 293 g/mol. The third-order valence-corrected chi connectivity index (χ3v) is 5.34. The smallest absolute Gasteiger partial charge is 0.145 e. The lowest BCUT2D eigenvalue weighted by Gasteiger charge is -2.31. The van der Waals surface area contributed by atoms with Crippen LogP contribution in [0.4, 0.5) is 11.6 Å². The molecule has 2 aliphatic rings. The summed E-state index contributed by atoms with van der Waals surface area (Å²) in [6.07, 6.45) is 9.76. The summed E-state index contributed by atoms with van der Waals surface area (Å²) in [6, 6.07) is 2.42. The largest absolute Gasteiger partial charge is 0.366 e. The molecule has 0 saturated heterocycles. The molecule has 1 aromatic heterocycles. The number of aromatic nitrogens is 2. The van der Waals surface area contributed by atoms with Gasteiger partial charge in [0.2, 0.25) is 0 Å². The molecule has 0 spiro atoms. The zero-order valence-corrected chi connectivity index (χ0v) is 12.7. The Balaban J connectivity index is 1.76. The topological polar surface area (TPSA) is 75.9 Å². The molecule has 1 aromatic rings. The van der Waals surface area contributed by atoms with Crippen LogP contribution in [0.15, 0.2) is 6.07 Å². The third kappa shape index (κ3) is 3.17. The van der Waals surface area contributed by atoms with Gasteiger partial charge in [-0.1, -0.05) is 12.8 Å². The molecular weight excluding hydrogens is 270 g/mol. The van der Waals surface area contributed by atoms with E-state index in [4.69, 9.17) is 5.84 Å². The quantitative estimate of drug-likeness (QED) is 0.572. The van der Waals surface area contributed by atoms with Crippen LogP contribution in [0.2, 0.25) is 0 Å². The molecule has 3 rings (SSSR count). The van der Waals surface area contributed by atoms with E-state index in [0.717, 1.165) is 11.6 Å². The van der Waals surface area contributed by atoms with E-state index in [1.54, 1.807) is 0 Å². The Hall–Kier alpha value is -1.01. The van der Waals surface area contributed by atoms with Crippen molar-refractivity contribution in [2.45, 2.75) is 55.7 Å². The highest BCUT2D eigenvalue weighted by Gasteiger charge is 2.28. The summed E-state index contributed by atoms with van der Waals surface area (Å²) < 4.78 is 0. The van der Waals surface area contributed by atoms with Crippen molar-refractivity contribution in [2.75, 3.05) is 17.0 Å². The van der Waals surface area contributed by atoms with Crippen LogP contribution >= 0.6 is 11.8 Å². The Morgan fingerprint density at radius 2 is 1.90 bits per heavy atom. The Morgan fingerprint density at radius 1 is 1.15 bits per heavy atom. The number of rotatable bonds is 5. The molecule has 0 aromatic carbocycles. The van der Waals surface area contributed by atoms with Crippen molar-refractivity contribution in [1.29, 1.82) is 0 Å². The van der Waals surface area contributed by atoms with Gasteiger partial charge in [-0.15, -0.1) is 0 Å². The highest BCUT2D eigenvalue weighted by molar-refractivity contribution is 7.99. The summed E-state index contributed by atoms with van der Waals surface area (Å²) in [5.41, 5.74) is 2.66. The SMILES string of the molecule is CSC1CCCCC1Nc1cc(NN)nc(C2CC2)n1. The molecule has 2 saturated carbocycles. The van der Waals surface area contributed by atoms with Crippen LogP contribution in [0.5, 0.6) is 0 Å². The van der Waals surface area contributed by atoms with Gasteiger partial charge in [0.1, 0.15) is 17.5 Å². The first-order chi connectivity index (χ1) is 9.80. The fraction of sp³-hybridized carbons (Fsp3) is 0.714. The maximum atomic E-state index is 5.52. The molecule has 0 aliphatic heterocycles. The lowest BCUT2D eigenvalue weighted by Crippen LogP contribution is -2.34. The lowest BCUT2D eigenvalue weighted by molar-refractivity contribution is 0.474. The molecule has 2 unspecified atom stereocenters. The monoisotopic (exact) mass is 293 g/mol. The number of hydrogen-bond acceptors (Lipinski definition) is 6. The standard InChI is InChI=1S/C14H23N5S/c1-20-11-5-3-2-4-10(11)16-12-8-13(19-15)18-14(17-12)9-6-7-9/h8-11H,2-7,15H2,1H3,(H2,16,17,18,19). The maximum absolute atomic E-state index is 5.52. The number of hydrazine groups is 1. The number of anilines is 2. The van der Waals surface area contributed by atoms with Crippen LogP contribution < -0.4 is 16.6 Å². The van der Waals surface area contributed by atoms with Gasteiger partial charge in [-0.05, 0) is 31.9 Å². The Kier molecular flexibility index (Phi) is 4.31. The predicted octanol–water partition coefficient (Wildman–Crippen LogP) is 2.73. The highest BCUT2D eigenvalue weighted by atomic mass is 32.2. The highest BCUT2D eigenvalue weighted by Crippen LogP contribution is 2.39. The van der Waals surface area contributed by atoms with Gasteiger partial charge in [0, 0.05) is 23.3 Å². The van der Waals surface area contributed by atoms with Gasteiger partial charge < -0.3 is 10.7 Å². The van der Waals surface area contributed by atoms with Gasteiger partial charge in [-0.2, -0.15) is 11.8 Å². The van der Waals surface area contributed by atoms with Crippen molar-refractivity contribution in [1.82, 2.24) is 9.97 Å². The van der Waals surface area contributed by atoms with Crippen LogP contribution in [0.3, 0.4) is 0 Å². The first-order valence-electron chi connectivity index (χ1n) is 7.45. The van der Waals surface area contributed by atoms with Crippen LogP contribution in [0.25, 0.3) is 0 Å². The van der Waals surface area contributed by atoms with Gasteiger partial charge in [-0.3, -0.25) is 0 Å². The number of nitrogens with two attached hydrogens (primary N) is 1. The molecule has 110 valence electrons. The van der Waals surface area contributed by atoms with Crippen molar-refractivity contribution in [3.63, 3.8) is 0 Å². The summed E-state index contributed by atoms with van der Waals surface area (Å²) >= 11 is 1.96. The van der Waals surface area contributed by atoms with E-state index >= 15 is 0 Å². The summed E-state index contributed by atoms with van der Waals surface area (Å²) in [5.74, 6) is 8.61. The molecule has 0 radical (unpaired) electrons. The van der Waals surface area contributed by atoms with Gasteiger partial charge in [0.25, 0.3) is 0 Å². The molecule has 4 N–H and O–H groups in total. The number of nitrogens with one attached hydrogen (secondary N) is 2. The molecule has 0 bridgehead atoms. The normalized spacial score (nSPS) is 26.3. The van der Waals surface area contributed by atoms with Crippen LogP contribution in [-0.2, 0) is 0 Å². The predicted molar refractivity (Wildman–Crippen MR) is 85.0 cm³/mol. The van der Waals surface area contributed by atoms with E-state index in [9.17, 15) is 0 Å². The van der Waals surface area contributed by atoms with Crippen LogP contribution in [0.1, 0.15) is 50.3 Å². The van der Waals surface area contributed by atoms with Crippen LogP contribution in [0, 0.1) is 0 Å².